The summed E-state index contributed by atoms with van der Waals surface area (Å²) in [5, 5.41) is 37.4. The molecule has 0 saturated carbocycles. The van der Waals surface area contributed by atoms with Crippen LogP contribution in [0, 0.1) is 0 Å². The fourth-order valence-corrected chi connectivity index (χ4v) is 1.85. The van der Waals surface area contributed by atoms with Gasteiger partial charge in [-0.25, -0.2) is 0 Å². The largest absolute Gasteiger partial charge is 0.508 e. The first-order valence-electron chi connectivity index (χ1n) is 6.26. The van der Waals surface area contributed by atoms with Crippen LogP contribution in [0.2, 0.25) is 0 Å². The molecule has 4 N–H and O–H groups in total. The molecule has 0 atom stereocenters. The molecule has 0 bridgehead atoms. The van der Waals surface area contributed by atoms with Gasteiger partial charge in [0, 0.05) is 17.2 Å². The summed E-state index contributed by atoms with van der Waals surface area (Å²) in [6, 6.07) is 6.53. The van der Waals surface area contributed by atoms with Gasteiger partial charge in [0.05, 0.1) is 7.11 Å². The van der Waals surface area contributed by atoms with Gasteiger partial charge >= 0.3 is 0 Å². The molecule has 2 aromatic rings. The van der Waals surface area contributed by atoms with Gasteiger partial charge in [-0.3, -0.25) is 4.79 Å². The number of phenols is 4. The standard InChI is InChI=1S/C16H14O6/c1-22-15-8-11(17)4-2-9(15)3-5-12(18)10-6-13(19)16(21)14(20)7-10/h2-8,17,19-21H,1H3/b5-3+. The van der Waals surface area contributed by atoms with Crippen LogP contribution in [-0.4, -0.2) is 33.3 Å². The maximum Gasteiger partial charge on any atom is 0.200 e. The third kappa shape index (κ3) is 3.12. The highest BCUT2D eigenvalue weighted by Crippen LogP contribution is 2.35. The minimum absolute atomic E-state index is 0.0156. The molecule has 0 aliphatic heterocycles. The van der Waals surface area contributed by atoms with Crippen molar-refractivity contribution >= 4 is 11.9 Å². The van der Waals surface area contributed by atoms with Crippen molar-refractivity contribution in [3.8, 4) is 28.7 Å². The molecule has 0 aliphatic rings. The average Bonchev–Trinajstić information content (AvgIpc) is 2.50. The summed E-state index contributed by atoms with van der Waals surface area (Å²) < 4.78 is 5.08. The van der Waals surface area contributed by atoms with Crippen LogP contribution in [0.3, 0.4) is 0 Å². The van der Waals surface area contributed by atoms with E-state index in [9.17, 15) is 25.2 Å². The highest BCUT2D eigenvalue weighted by molar-refractivity contribution is 6.07. The Morgan fingerprint density at radius 2 is 1.68 bits per heavy atom. The van der Waals surface area contributed by atoms with Gasteiger partial charge in [-0.15, -0.1) is 0 Å². The quantitative estimate of drug-likeness (QED) is 0.392. The maximum absolute atomic E-state index is 12.0. The van der Waals surface area contributed by atoms with Gasteiger partial charge in [0.15, 0.2) is 23.0 Å². The number of benzene rings is 2. The van der Waals surface area contributed by atoms with E-state index in [-0.39, 0.29) is 11.3 Å². The molecule has 0 aromatic heterocycles. The normalized spacial score (nSPS) is 10.8. The van der Waals surface area contributed by atoms with Crippen LogP contribution >= 0.6 is 0 Å². The zero-order chi connectivity index (χ0) is 16.3. The second-order valence-corrected chi connectivity index (χ2v) is 4.49. The number of aromatic hydroxyl groups is 4. The van der Waals surface area contributed by atoms with Gasteiger partial charge in [-0.2, -0.15) is 0 Å². The van der Waals surface area contributed by atoms with Gasteiger partial charge in [0.25, 0.3) is 0 Å². The van der Waals surface area contributed by atoms with Crippen LogP contribution in [0.25, 0.3) is 6.08 Å². The Labute approximate surface area is 126 Å². The first kappa shape index (κ1) is 15.2. The van der Waals surface area contributed by atoms with Gasteiger partial charge in [0.2, 0.25) is 0 Å². The zero-order valence-electron chi connectivity index (χ0n) is 11.6. The molecule has 2 aromatic carbocycles. The van der Waals surface area contributed by atoms with Crippen molar-refractivity contribution in [3.63, 3.8) is 0 Å². The molecule has 0 radical (unpaired) electrons. The van der Waals surface area contributed by atoms with E-state index in [4.69, 9.17) is 4.74 Å². The average molecular weight is 302 g/mol. The lowest BCUT2D eigenvalue weighted by atomic mass is 10.1. The predicted octanol–water partition coefficient (Wildman–Crippen LogP) is 2.41. The topological polar surface area (TPSA) is 107 Å². The Bertz CT molecular complexity index is 725. The summed E-state index contributed by atoms with van der Waals surface area (Å²) in [7, 11) is 1.43. The molecule has 0 aliphatic carbocycles. The van der Waals surface area contributed by atoms with Crippen LogP contribution in [-0.2, 0) is 0 Å². The maximum atomic E-state index is 12.0. The summed E-state index contributed by atoms with van der Waals surface area (Å²) in [6.07, 6.45) is 2.70. The molecule has 114 valence electrons. The fraction of sp³-hybridized carbons (Fsp3) is 0.0625. The van der Waals surface area contributed by atoms with E-state index in [0.717, 1.165) is 12.1 Å². The number of ketones is 1. The van der Waals surface area contributed by atoms with Crippen molar-refractivity contribution in [2.75, 3.05) is 7.11 Å². The Morgan fingerprint density at radius 3 is 2.27 bits per heavy atom. The molecule has 0 spiro atoms. The van der Waals surface area contributed by atoms with E-state index < -0.39 is 23.0 Å². The van der Waals surface area contributed by atoms with Crippen molar-refractivity contribution < 1.29 is 30.0 Å². The van der Waals surface area contributed by atoms with Crippen LogP contribution in [0.1, 0.15) is 15.9 Å². The van der Waals surface area contributed by atoms with Crippen molar-refractivity contribution in [2.24, 2.45) is 0 Å². The fourth-order valence-electron chi connectivity index (χ4n) is 1.85. The Morgan fingerprint density at radius 1 is 1.05 bits per heavy atom. The monoisotopic (exact) mass is 302 g/mol. The smallest absolute Gasteiger partial charge is 0.200 e. The second kappa shape index (κ2) is 6.09. The summed E-state index contributed by atoms with van der Waals surface area (Å²) in [6.45, 7) is 0. The third-order valence-corrected chi connectivity index (χ3v) is 2.99. The van der Waals surface area contributed by atoms with Gasteiger partial charge in [0.1, 0.15) is 11.5 Å². The summed E-state index contributed by atoms with van der Waals surface area (Å²) in [5.74, 6) is -1.91. The van der Waals surface area contributed by atoms with E-state index in [1.807, 2.05) is 0 Å². The van der Waals surface area contributed by atoms with Crippen LogP contribution < -0.4 is 4.74 Å². The van der Waals surface area contributed by atoms with E-state index in [1.165, 1.54) is 31.4 Å². The lowest BCUT2D eigenvalue weighted by molar-refractivity contribution is 0.104. The molecule has 0 unspecified atom stereocenters. The number of allylic oxidation sites excluding steroid dienone is 1. The van der Waals surface area contributed by atoms with Crippen LogP contribution in [0.5, 0.6) is 28.7 Å². The summed E-state index contributed by atoms with van der Waals surface area (Å²) >= 11 is 0. The third-order valence-electron chi connectivity index (χ3n) is 2.99. The molecule has 0 fully saturated rings. The number of phenolic OH excluding ortho intramolecular Hbond substituents is 4. The summed E-state index contributed by atoms with van der Waals surface area (Å²) in [5.41, 5.74) is 0.586. The number of hydrogen-bond donors (Lipinski definition) is 4. The molecule has 0 heterocycles. The van der Waals surface area contributed by atoms with Crippen molar-refractivity contribution in [2.45, 2.75) is 0 Å². The van der Waals surface area contributed by atoms with E-state index in [2.05, 4.69) is 0 Å². The van der Waals surface area contributed by atoms with Crippen molar-refractivity contribution in [1.82, 2.24) is 0 Å². The Hall–Kier alpha value is -3.15. The van der Waals surface area contributed by atoms with E-state index >= 15 is 0 Å². The minimum atomic E-state index is -0.680. The number of carbonyl (C=O) groups excluding carboxylic acids is 1. The number of ether oxygens (including phenoxy) is 1. The highest BCUT2D eigenvalue weighted by atomic mass is 16.5. The van der Waals surface area contributed by atoms with Crippen molar-refractivity contribution in [1.29, 1.82) is 0 Å². The molecule has 2 rings (SSSR count). The lowest BCUT2D eigenvalue weighted by Crippen LogP contribution is -1.94. The van der Waals surface area contributed by atoms with Crippen LogP contribution in [0.15, 0.2) is 36.4 Å². The van der Waals surface area contributed by atoms with Crippen LogP contribution in [0.4, 0.5) is 0 Å². The number of methoxy groups -OCH3 is 1. The molecule has 22 heavy (non-hydrogen) atoms. The second-order valence-electron chi connectivity index (χ2n) is 4.49. The first-order valence-corrected chi connectivity index (χ1v) is 6.26. The number of hydrogen-bond acceptors (Lipinski definition) is 6. The first-order chi connectivity index (χ1) is 10.4. The van der Waals surface area contributed by atoms with E-state index in [0.29, 0.717) is 11.3 Å². The lowest BCUT2D eigenvalue weighted by Gasteiger charge is -2.05. The number of rotatable bonds is 4. The Balaban J connectivity index is 2.29. The molecular formula is C16H14O6. The molecular weight excluding hydrogens is 288 g/mol. The van der Waals surface area contributed by atoms with Gasteiger partial charge < -0.3 is 25.2 Å². The summed E-state index contributed by atoms with van der Waals surface area (Å²) in [4.78, 5) is 12.0. The minimum Gasteiger partial charge on any atom is -0.508 e. The van der Waals surface area contributed by atoms with Gasteiger partial charge in [-0.1, -0.05) is 0 Å². The SMILES string of the molecule is COc1cc(O)ccc1/C=C/C(=O)c1cc(O)c(O)c(O)c1. The molecule has 0 amide bonds. The van der Waals surface area contributed by atoms with E-state index in [1.54, 1.807) is 6.07 Å². The highest BCUT2D eigenvalue weighted by Gasteiger charge is 2.12. The van der Waals surface area contributed by atoms with Crippen molar-refractivity contribution in [3.05, 3.63) is 47.5 Å². The molecule has 6 nitrogen and oxygen atoms in total. The molecule has 0 saturated heterocycles. The number of carbonyl (C=O) groups is 1. The predicted molar refractivity (Wildman–Crippen MR) is 79.5 cm³/mol. The van der Waals surface area contributed by atoms with Gasteiger partial charge in [-0.05, 0) is 36.4 Å². The zero-order valence-corrected chi connectivity index (χ0v) is 11.6. The molecule has 6 heteroatoms. The Kier molecular flexibility index (Phi) is 4.22.